The lowest BCUT2D eigenvalue weighted by Gasteiger charge is -2.07. The van der Waals surface area contributed by atoms with E-state index in [1.165, 1.54) is 0 Å². The number of carbonyl (C=O) groups is 1. The van der Waals surface area contributed by atoms with Crippen LogP contribution in [0, 0.1) is 13.8 Å². The number of fused-ring (bicyclic) bond motifs is 1. The zero-order valence-electron chi connectivity index (χ0n) is 12.6. The van der Waals surface area contributed by atoms with Crippen molar-refractivity contribution in [1.82, 2.24) is 5.16 Å². The van der Waals surface area contributed by atoms with Gasteiger partial charge in [0.2, 0.25) is 5.91 Å². The van der Waals surface area contributed by atoms with Crippen LogP contribution in [-0.4, -0.2) is 11.1 Å². The quantitative estimate of drug-likeness (QED) is 0.729. The Labute approximate surface area is 143 Å². The van der Waals surface area contributed by atoms with Crippen LogP contribution in [0.15, 0.2) is 34.9 Å². The molecule has 0 atom stereocenters. The highest BCUT2D eigenvalue weighted by molar-refractivity contribution is 6.36. The van der Waals surface area contributed by atoms with Crippen LogP contribution < -0.4 is 5.32 Å². The molecule has 3 rings (SSSR count). The molecular formula is C17H14Cl2N2O2. The van der Waals surface area contributed by atoms with Gasteiger partial charge in [-0.2, -0.15) is 0 Å². The summed E-state index contributed by atoms with van der Waals surface area (Å²) < 4.78 is 5.33. The van der Waals surface area contributed by atoms with E-state index in [0.717, 1.165) is 16.5 Å². The minimum Gasteiger partial charge on any atom is -0.356 e. The van der Waals surface area contributed by atoms with Crippen molar-refractivity contribution in [1.29, 1.82) is 0 Å². The van der Waals surface area contributed by atoms with E-state index in [1.807, 2.05) is 26.0 Å². The monoisotopic (exact) mass is 348 g/mol. The first kappa shape index (κ1) is 15.8. The van der Waals surface area contributed by atoms with Crippen LogP contribution in [0.1, 0.15) is 16.8 Å². The summed E-state index contributed by atoms with van der Waals surface area (Å²) in [6.45, 7) is 3.97. The number of benzene rings is 2. The van der Waals surface area contributed by atoms with Crippen molar-refractivity contribution in [2.24, 2.45) is 0 Å². The molecule has 1 amide bonds. The summed E-state index contributed by atoms with van der Waals surface area (Å²) in [6.07, 6.45) is 0.107. The lowest BCUT2D eigenvalue weighted by Crippen LogP contribution is -2.15. The summed E-state index contributed by atoms with van der Waals surface area (Å²) in [4.78, 5) is 12.3. The number of aromatic nitrogens is 1. The molecule has 0 radical (unpaired) electrons. The van der Waals surface area contributed by atoms with Gasteiger partial charge in [0, 0.05) is 10.4 Å². The van der Waals surface area contributed by atoms with Gasteiger partial charge in [-0.3, -0.25) is 4.79 Å². The average Bonchev–Trinajstić information content (AvgIpc) is 2.85. The van der Waals surface area contributed by atoms with Gasteiger partial charge < -0.3 is 9.84 Å². The molecule has 0 aliphatic rings. The van der Waals surface area contributed by atoms with Gasteiger partial charge in [0.05, 0.1) is 17.1 Å². The highest BCUT2D eigenvalue weighted by Gasteiger charge is 2.15. The number of carbonyl (C=O) groups excluding carboxylic acids is 1. The van der Waals surface area contributed by atoms with Crippen molar-refractivity contribution < 1.29 is 9.32 Å². The first-order valence-electron chi connectivity index (χ1n) is 7.04. The van der Waals surface area contributed by atoms with E-state index in [4.69, 9.17) is 27.7 Å². The maximum absolute atomic E-state index is 12.3. The Balaban J connectivity index is 1.83. The second kappa shape index (κ2) is 6.22. The number of nitrogens with one attached hydrogen (secondary N) is 1. The van der Waals surface area contributed by atoms with Gasteiger partial charge in [-0.05, 0) is 49.2 Å². The third-order valence-corrected chi connectivity index (χ3v) is 4.07. The van der Waals surface area contributed by atoms with Crippen molar-refractivity contribution in [2.45, 2.75) is 20.3 Å². The topological polar surface area (TPSA) is 55.1 Å². The van der Waals surface area contributed by atoms with Crippen LogP contribution in [0.25, 0.3) is 11.0 Å². The molecule has 0 bridgehead atoms. The average molecular weight is 349 g/mol. The maximum atomic E-state index is 12.3. The minimum absolute atomic E-state index is 0.107. The fraction of sp³-hybridized carbons (Fsp3) is 0.176. The number of aryl methyl sites for hydroxylation is 2. The van der Waals surface area contributed by atoms with E-state index in [0.29, 0.717) is 27.0 Å². The molecule has 6 heteroatoms. The molecule has 2 aromatic carbocycles. The molecule has 0 fully saturated rings. The summed E-state index contributed by atoms with van der Waals surface area (Å²) in [5, 5.41) is 8.57. The van der Waals surface area contributed by atoms with Crippen molar-refractivity contribution >= 4 is 45.8 Å². The van der Waals surface area contributed by atoms with E-state index in [-0.39, 0.29) is 12.3 Å². The second-order valence-corrected chi connectivity index (χ2v) is 6.28. The van der Waals surface area contributed by atoms with Gasteiger partial charge in [0.25, 0.3) is 0 Å². The van der Waals surface area contributed by atoms with Crippen molar-refractivity contribution in [3.63, 3.8) is 0 Å². The van der Waals surface area contributed by atoms with Gasteiger partial charge in [0.15, 0.2) is 5.58 Å². The van der Waals surface area contributed by atoms with Gasteiger partial charge in [-0.25, -0.2) is 0 Å². The first-order chi connectivity index (χ1) is 10.9. The number of hydrogen-bond donors (Lipinski definition) is 1. The molecule has 1 aromatic heterocycles. The van der Waals surface area contributed by atoms with E-state index in [9.17, 15) is 4.79 Å². The minimum atomic E-state index is -0.218. The summed E-state index contributed by atoms with van der Waals surface area (Å²) in [6, 6.07) is 8.86. The molecule has 1 heterocycles. The van der Waals surface area contributed by atoms with Crippen molar-refractivity contribution in [3.8, 4) is 0 Å². The smallest absolute Gasteiger partial charge is 0.230 e. The predicted molar refractivity (Wildman–Crippen MR) is 92.3 cm³/mol. The van der Waals surface area contributed by atoms with Crippen LogP contribution in [-0.2, 0) is 11.2 Å². The van der Waals surface area contributed by atoms with E-state index in [2.05, 4.69) is 10.5 Å². The molecule has 0 saturated carbocycles. The maximum Gasteiger partial charge on any atom is 0.230 e. The molecular weight excluding hydrogens is 335 g/mol. The Kier molecular flexibility index (Phi) is 4.28. The lowest BCUT2D eigenvalue weighted by molar-refractivity contribution is -0.115. The molecule has 3 aromatic rings. The number of hydrogen-bond acceptors (Lipinski definition) is 3. The molecule has 4 nitrogen and oxygen atoms in total. The van der Waals surface area contributed by atoms with Gasteiger partial charge >= 0.3 is 0 Å². The summed E-state index contributed by atoms with van der Waals surface area (Å²) in [5.41, 5.74) is 3.94. The largest absolute Gasteiger partial charge is 0.356 e. The lowest BCUT2D eigenvalue weighted by atomic mass is 10.0. The van der Waals surface area contributed by atoms with Crippen LogP contribution in [0.4, 0.5) is 5.69 Å². The predicted octanol–water partition coefficient (Wildman–Crippen LogP) is 4.93. The summed E-state index contributed by atoms with van der Waals surface area (Å²) in [5.74, 6) is -0.218. The molecule has 0 spiro atoms. The number of halogens is 2. The number of amides is 1. The fourth-order valence-corrected chi connectivity index (χ4v) is 3.03. The molecule has 118 valence electrons. The number of rotatable bonds is 3. The van der Waals surface area contributed by atoms with Gasteiger partial charge in [-0.1, -0.05) is 34.4 Å². The SMILES string of the molecule is Cc1cc(C)c2c(CC(=O)Nc3ccc(Cl)cc3Cl)noc2c1. The Bertz CT molecular complexity index is 903. The van der Waals surface area contributed by atoms with Crippen LogP contribution in [0.2, 0.25) is 10.0 Å². The summed E-state index contributed by atoms with van der Waals surface area (Å²) >= 11 is 11.9. The molecule has 0 aliphatic carbocycles. The molecule has 1 N–H and O–H groups in total. The normalized spacial score (nSPS) is 11.0. The van der Waals surface area contributed by atoms with Gasteiger partial charge in [-0.15, -0.1) is 0 Å². The van der Waals surface area contributed by atoms with E-state index >= 15 is 0 Å². The zero-order valence-corrected chi connectivity index (χ0v) is 14.1. The Morgan fingerprint density at radius 3 is 2.74 bits per heavy atom. The molecule has 0 aliphatic heterocycles. The highest BCUT2D eigenvalue weighted by atomic mass is 35.5. The van der Waals surface area contributed by atoms with Crippen LogP contribution in [0.3, 0.4) is 0 Å². The summed E-state index contributed by atoms with van der Waals surface area (Å²) in [7, 11) is 0. The Morgan fingerprint density at radius 2 is 2.00 bits per heavy atom. The Morgan fingerprint density at radius 1 is 1.22 bits per heavy atom. The Hall–Kier alpha value is -2.04. The van der Waals surface area contributed by atoms with Gasteiger partial charge in [0.1, 0.15) is 5.69 Å². The zero-order chi connectivity index (χ0) is 16.6. The highest BCUT2D eigenvalue weighted by Crippen LogP contribution is 2.27. The standard InChI is InChI=1S/C17H14Cl2N2O2/c1-9-5-10(2)17-14(21-23-15(17)6-9)8-16(22)20-13-4-3-11(18)7-12(13)19/h3-7H,8H2,1-2H3,(H,20,22). The first-order valence-corrected chi connectivity index (χ1v) is 7.80. The second-order valence-electron chi connectivity index (χ2n) is 5.43. The number of nitrogens with zero attached hydrogens (tertiary/aromatic N) is 1. The van der Waals surface area contributed by atoms with Crippen LogP contribution in [0.5, 0.6) is 0 Å². The molecule has 0 saturated heterocycles. The van der Waals surface area contributed by atoms with E-state index in [1.54, 1.807) is 18.2 Å². The third-order valence-electron chi connectivity index (χ3n) is 3.52. The van der Waals surface area contributed by atoms with Crippen molar-refractivity contribution in [2.75, 3.05) is 5.32 Å². The third kappa shape index (κ3) is 3.33. The van der Waals surface area contributed by atoms with Crippen molar-refractivity contribution in [3.05, 3.63) is 57.2 Å². The van der Waals surface area contributed by atoms with Crippen LogP contribution >= 0.6 is 23.2 Å². The molecule has 0 unspecified atom stereocenters. The molecule has 23 heavy (non-hydrogen) atoms. The number of anilines is 1. The van der Waals surface area contributed by atoms with E-state index < -0.39 is 0 Å². The fourth-order valence-electron chi connectivity index (χ4n) is 2.58.